The molecule has 1 saturated carbocycles. The minimum atomic E-state index is -0.0227. The average molecular weight is 248 g/mol. The predicted molar refractivity (Wildman–Crippen MR) is 69.2 cm³/mol. The summed E-state index contributed by atoms with van der Waals surface area (Å²) in [6.07, 6.45) is 6.36. The number of rotatable bonds is 3. The highest BCUT2D eigenvalue weighted by Gasteiger charge is 2.42. The molecular formula is C13H20N4O. The zero-order chi connectivity index (χ0) is 12.5. The van der Waals surface area contributed by atoms with Gasteiger partial charge in [-0.3, -0.25) is 9.89 Å². The van der Waals surface area contributed by atoms with Crippen molar-refractivity contribution in [3.05, 3.63) is 11.8 Å². The number of amides is 1. The van der Waals surface area contributed by atoms with Gasteiger partial charge in [-0.1, -0.05) is 13.3 Å². The van der Waals surface area contributed by atoms with Crippen molar-refractivity contribution in [3.63, 3.8) is 0 Å². The highest BCUT2D eigenvalue weighted by atomic mass is 16.2. The second-order valence-electron chi connectivity index (χ2n) is 5.35. The Morgan fingerprint density at radius 2 is 2.44 bits per heavy atom. The first-order valence-electron chi connectivity index (χ1n) is 6.86. The van der Waals surface area contributed by atoms with Crippen molar-refractivity contribution in [3.8, 4) is 0 Å². The highest BCUT2D eigenvalue weighted by Crippen LogP contribution is 2.37. The summed E-state index contributed by atoms with van der Waals surface area (Å²) in [6, 6.07) is -0.0227. The fraction of sp³-hybridized carbons (Fsp3) is 0.692. The third-order valence-electron chi connectivity index (χ3n) is 4.38. The predicted octanol–water partition coefficient (Wildman–Crippen LogP) is 1.30. The summed E-state index contributed by atoms with van der Waals surface area (Å²) in [7, 11) is 0. The van der Waals surface area contributed by atoms with Crippen molar-refractivity contribution in [2.45, 2.75) is 38.6 Å². The zero-order valence-electron chi connectivity index (χ0n) is 10.7. The summed E-state index contributed by atoms with van der Waals surface area (Å²) in [6.45, 7) is 3.05. The van der Waals surface area contributed by atoms with E-state index in [-0.39, 0.29) is 11.9 Å². The lowest BCUT2D eigenvalue weighted by atomic mass is 9.93. The van der Waals surface area contributed by atoms with E-state index in [1.54, 1.807) is 6.20 Å². The monoisotopic (exact) mass is 248 g/mol. The van der Waals surface area contributed by atoms with Crippen LogP contribution < -0.4 is 10.6 Å². The van der Waals surface area contributed by atoms with Crippen molar-refractivity contribution < 1.29 is 4.79 Å². The Balaban J connectivity index is 1.68. The number of anilines is 1. The van der Waals surface area contributed by atoms with E-state index >= 15 is 0 Å². The van der Waals surface area contributed by atoms with E-state index in [9.17, 15) is 4.79 Å². The van der Waals surface area contributed by atoms with E-state index in [1.807, 2.05) is 0 Å². The van der Waals surface area contributed by atoms with Gasteiger partial charge in [-0.2, -0.15) is 5.10 Å². The fourth-order valence-electron chi connectivity index (χ4n) is 3.36. The van der Waals surface area contributed by atoms with Crippen molar-refractivity contribution in [1.82, 2.24) is 15.5 Å². The summed E-state index contributed by atoms with van der Waals surface area (Å²) in [5, 5.41) is 13.2. The number of H-pyrrole nitrogens is 1. The molecule has 1 aromatic rings. The van der Waals surface area contributed by atoms with Gasteiger partial charge < -0.3 is 10.6 Å². The minimum absolute atomic E-state index is 0.0227. The van der Waals surface area contributed by atoms with E-state index in [0.717, 1.165) is 24.3 Å². The molecule has 1 aliphatic carbocycles. The molecule has 2 heterocycles. The summed E-state index contributed by atoms with van der Waals surface area (Å²) < 4.78 is 0. The van der Waals surface area contributed by atoms with Crippen molar-refractivity contribution >= 4 is 11.7 Å². The van der Waals surface area contributed by atoms with Gasteiger partial charge in [-0.05, 0) is 37.6 Å². The van der Waals surface area contributed by atoms with Crippen LogP contribution in [0.1, 0.15) is 31.7 Å². The number of aromatic nitrogens is 2. The molecule has 1 aliphatic heterocycles. The molecule has 1 saturated heterocycles. The quantitative estimate of drug-likeness (QED) is 0.755. The van der Waals surface area contributed by atoms with Crippen molar-refractivity contribution in [2.24, 2.45) is 11.8 Å². The molecule has 3 N–H and O–H groups in total. The lowest BCUT2D eigenvalue weighted by molar-refractivity contribution is -0.118. The highest BCUT2D eigenvalue weighted by molar-refractivity contribution is 5.95. The van der Waals surface area contributed by atoms with E-state index in [2.05, 4.69) is 27.8 Å². The Morgan fingerprint density at radius 3 is 3.28 bits per heavy atom. The second-order valence-corrected chi connectivity index (χ2v) is 5.35. The van der Waals surface area contributed by atoms with E-state index < -0.39 is 0 Å². The first-order chi connectivity index (χ1) is 8.79. The number of hydrogen-bond acceptors (Lipinski definition) is 3. The molecule has 3 unspecified atom stereocenters. The molecule has 5 nitrogen and oxygen atoms in total. The van der Waals surface area contributed by atoms with Gasteiger partial charge in [0.15, 0.2) is 0 Å². The first kappa shape index (κ1) is 11.7. The Morgan fingerprint density at radius 1 is 1.56 bits per heavy atom. The molecular weight excluding hydrogens is 228 g/mol. The van der Waals surface area contributed by atoms with Crippen molar-refractivity contribution in [2.75, 3.05) is 11.9 Å². The number of carbonyl (C=O) groups excluding carboxylic acids is 1. The minimum Gasteiger partial charge on any atom is -0.309 e. The van der Waals surface area contributed by atoms with E-state index in [4.69, 9.17) is 0 Å². The van der Waals surface area contributed by atoms with Crippen LogP contribution in [0.5, 0.6) is 0 Å². The smallest absolute Gasteiger partial charge is 0.242 e. The molecule has 3 atom stereocenters. The van der Waals surface area contributed by atoms with Crippen LogP contribution in [-0.2, 0) is 11.2 Å². The van der Waals surface area contributed by atoms with Crippen LogP contribution in [-0.4, -0.2) is 28.7 Å². The number of nitrogens with one attached hydrogen (secondary N) is 3. The second kappa shape index (κ2) is 4.72. The van der Waals surface area contributed by atoms with Crippen LogP contribution in [0.2, 0.25) is 0 Å². The Hall–Kier alpha value is -1.36. The van der Waals surface area contributed by atoms with Gasteiger partial charge >= 0.3 is 0 Å². The number of aromatic amines is 1. The molecule has 18 heavy (non-hydrogen) atoms. The first-order valence-corrected chi connectivity index (χ1v) is 6.86. The molecule has 0 spiro atoms. The molecule has 2 aliphatic rings. The molecule has 5 heteroatoms. The molecule has 2 fully saturated rings. The Kier molecular flexibility index (Phi) is 3.07. The zero-order valence-corrected chi connectivity index (χ0v) is 10.7. The van der Waals surface area contributed by atoms with Gasteiger partial charge in [-0.25, -0.2) is 0 Å². The number of aryl methyl sites for hydroxylation is 1. The molecule has 0 radical (unpaired) electrons. The topological polar surface area (TPSA) is 69.8 Å². The van der Waals surface area contributed by atoms with Gasteiger partial charge in [0.1, 0.15) is 5.82 Å². The molecule has 0 bridgehead atoms. The number of carbonyl (C=O) groups is 1. The maximum atomic E-state index is 12.3. The normalized spacial score (nSPS) is 30.4. The molecule has 3 rings (SSSR count). The van der Waals surface area contributed by atoms with Crippen LogP contribution in [0.25, 0.3) is 0 Å². The van der Waals surface area contributed by atoms with Crippen molar-refractivity contribution in [1.29, 1.82) is 0 Å². The molecule has 1 aromatic heterocycles. The maximum Gasteiger partial charge on any atom is 0.242 e. The van der Waals surface area contributed by atoms with Gasteiger partial charge in [-0.15, -0.1) is 0 Å². The Bertz CT molecular complexity index is 442. The summed E-state index contributed by atoms with van der Waals surface area (Å²) in [4.78, 5) is 12.3. The third-order valence-corrected chi connectivity index (χ3v) is 4.38. The third kappa shape index (κ3) is 1.92. The maximum absolute atomic E-state index is 12.3. The lowest BCUT2D eigenvalue weighted by Crippen LogP contribution is -2.40. The van der Waals surface area contributed by atoms with Gasteiger partial charge in [0.25, 0.3) is 0 Å². The van der Waals surface area contributed by atoms with Crippen LogP contribution in [0.15, 0.2) is 6.20 Å². The van der Waals surface area contributed by atoms with Crippen LogP contribution in [0.3, 0.4) is 0 Å². The Labute approximate surface area is 107 Å². The summed E-state index contributed by atoms with van der Waals surface area (Å²) in [5.74, 6) is 2.07. The van der Waals surface area contributed by atoms with Crippen LogP contribution >= 0.6 is 0 Å². The average Bonchev–Trinajstić information content (AvgIpc) is 3.03. The van der Waals surface area contributed by atoms with E-state index in [0.29, 0.717) is 11.8 Å². The molecule has 1 amide bonds. The van der Waals surface area contributed by atoms with Crippen LogP contribution in [0.4, 0.5) is 5.82 Å². The van der Waals surface area contributed by atoms with Gasteiger partial charge in [0.05, 0.1) is 12.2 Å². The van der Waals surface area contributed by atoms with Gasteiger partial charge in [0, 0.05) is 5.56 Å². The number of fused-ring (bicyclic) bond motifs is 1. The number of hydrogen-bond donors (Lipinski definition) is 3. The standard InChI is InChI=1S/C13H20N4O/c1-2-8-7-15-17-12(8)16-13(18)11-10-5-3-4-9(10)6-14-11/h7,9-11,14H,2-6H2,1H3,(H2,15,16,17,18). The SMILES string of the molecule is CCc1cn[nH]c1NC(=O)C1NCC2CCCC21. The summed E-state index contributed by atoms with van der Waals surface area (Å²) in [5.41, 5.74) is 1.06. The molecule has 98 valence electrons. The largest absolute Gasteiger partial charge is 0.309 e. The van der Waals surface area contributed by atoms with Crippen LogP contribution in [0, 0.1) is 11.8 Å². The lowest BCUT2D eigenvalue weighted by Gasteiger charge is -2.17. The molecule has 0 aromatic carbocycles. The van der Waals surface area contributed by atoms with Gasteiger partial charge in [0.2, 0.25) is 5.91 Å². The summed E-state index contributed by atoms with van der Waals surface area (Å²) >= 11 is 0. The number of nitrogens with zero attached hydrogens (tertiary/aromatic N) is 1. The fourth-order valence-corrected chi connectivity index (χ4v) is 3.36. The van der Waals surface area contributed by atoms with E-state index in [1.165, 1.54) is 19.3 Å².